The van der Waals surface area contributed by atoms with E-state index in [1.165, 1.54) is 0 Å². The molecule has 0 aliphatic carbocycles. The van der Waals surface area contributed by atoms with E-state index in [1.54, 1.807) is 7.11 Å². The molecule has 5 heteroatoms. The van der Waals surface area contributed by atoms with Crippen molar-refractivity contribution in [3.05, 3.63) is 28.2 Å². The van der Waals surface area contributed by atoms with E-state index in [9.17, 15) is 4.79 Å². The Morgan fingerprint density at radius 1 is 1.44 bits per heavy atom. The lowest BCUT2D eigenvalue weighted by atomic mass is 10.1. The Balaban J connectivity index is 2.15. The molecule has 0 N–H and O–H groups in total. The van der Waals surface area contributed by atoms with Crippen LogP contribution in [0, 0.1) is 0 Å². The highest BCUT2D eigenvalue weighted by Crippen LogP contribution is 2.31. The van der Waals surface area contributed by atoms with Gasteiger partial charge in [0.1, 0.15) is 11.1 Å². The second kappa shape index (κ2) is 5.93. The average Bonchev–Trinajstić information content (AvgIpc) is 2.90. The van der Waals surface area contributed by atoms with E-state index < -0.39 is 5.38 Å². The number of amides is 1. The summed E-state index contributed by atoms with van der Waals surface area (Å²) in [5.41, 5.74) is 0.793. The molecular formula is C13H15BrClNO2. The number of hydrogen-bond donors (Lipinski definition) is 0. The van der Waals surface area contributed by atoms with E-state index in [2.05, 4.69) is 15.9 Å². The number of hydrogen-bond acceptors (Lipinski definition) is 2. The van der Waals surface area contributed by atoms with Gasteiger partial charge in [0.05, 0.1) is 11.6 Å². The molecule has 1 fully saturated rings. The molecule has 1 unspecified atom stereocenters. The Hall–Kier alpha value is -0.740. The van der Waals surface area contributed by atoms with Gasteiger partial charge in [-0.25, -0.2) is 0 Å². The van der Waals surface area contributed by atoms with Gasteiger partial charge in [0.25, 0.3) is 0 Å². The van der Waals surface area contributed by atoms with Crippen molar-refractivity contribution < 1.29 is 9.53 Å². The lowest BCUT2D eigenvalue weighted by Gasteiger charge is -2.19. The zero-order chi connectivity index (χ0) is 13.1. The zero-order valence-corrected chi connectivity index (χ0v) is 12.5. The molecule has 98 valence electrons. The molecule has 1 saturated heterocycles. The van der Waals surface area contributed by atoms with E-state index in [0.29, 0.717) is 0 Å². The maximum Gasteiger partial charge on any atom is 0.245 e. The fourth-order valence-corrected chi connectivity index (χ4v) is 2.91. The number of rotatable bonds is 3. The largest absolute Gasteiger partial charge is 0.496 e. The highest BCUT2D eigenvalue weighted by Gasteiger charge is 2.26. The van der Waals surface area contributed by atoms with Crippen LogP contribution in [0.5, 0.6) is 5.75 Å². The number of carbonyl (C=O) groups is 1. The lowest BCUT2D eigenvalue weighted by molar-refractivity contribution is -0.129. The van der Waals surface area contributed by atoms with Gasteiger partial charge < -0.3 is 9.64 Å². The van der Waals surface area contributed by atoms with E-state index >= 15 is 0 Å². The molecule has 1 aliphatic heterocycles. The Morgan fingerprint density at radius 2 is 2.11 bits per heavy atom. The van der Waals surface area contributed by atoms with E-state index in [0.717, 1.165) is 41.7 Å². The number of likely N-dealkylation sites (tertiary alicyclic amines) is 1. The van der Waals surface area contributed by atoms with Crippen LogP contribution in [0.4, 0.5) is 0 Å². The van der Waals surface area contributed by atoms with E-state index in [1.807, 2.05) is 23.1 Å². The van der Waals surface area contributed by atoms with Crippen LogP contribution in [-0.2, 0) is 4.79 Å². The Bertz CT molecular complexity index is 447. The third kappa shape index (κ3) is 2.81. The number of carbonyl (C=O) groups excluding carboxylic acids is 1. The van der Waals surface area contributed by atoms with Crippen LogP contribution in [0.15, 0.2) is 22.7 Å². The summed E-state index contributed by atoms with van der Waals surface area (Å²) in [6.45, 7) is 1.64. The van der Waals surface area contributed by atoms with Crippen LogP contribution in [0.25, 0.3) is 0 Å². The molecular weight excluding hydrogens is 318 g/mol. The van der Waals surface area contributed by atoms with Gasteiger partial charge in [-0.15, -0.1) is 11.6 Å². The van der Waals surface area contributed by atoms with Crippen LogP contribution in [0.3, 0.4) is 0 Å². The van der Waals surface area contributed by atoms with E-state index in [-0.39, 0.29) is 5.91 Å². The fraction of sp³-hybridized carbons (Fsp3) is 0.462. The normalized spacial score (nSPS) is 16.7. The molecule has 1 heterocycles. The van der Waals surface area contributed by atoms with Crippen molar-refractivity contribution in [2.75, 3.05) is 20.2 Å². The topological polar surface area (TPSA) is 29.5 Å². The van der Waals surface area contributed by atoms with Crippen molar-refractivity contribution in [3.8, 4) is 5.75 Å². The predicted octanol–water partition coefficient (Wildman–Crippen LogP) is 3.36. The summed E-state index contributed by atoms with van der Waals surface area (Å²) in [7, 11) is 1.60. The Labute approximate surface area is 120 Å². The van der Waals surface area contributed by atoms with Crippen LogP contribution in [0.1, 0.15) is 23.8 Å². The van der Waals surface area contributed by atoms with Crippen molar-refractivity contribution in [1.29, 1.82) is 0 Å². The van der Waals surface area contributed by atoms with E-state index in [4.69, 9.17) is 16.3 Å². The quantitative estimate of drug-likeness (QED) is 0.794. The molecule has 3 nitrogen and oxygen atoms in total. The fourth-order valence-electron chi connectivity index (χ4n) is 2.08. The SMILES string of the molecule is COc1ccc(C(Cl)C(=O)N2CCCC2)cc1Br. The molecule has 2 rings (SSSR count). The first-order valence-electron chi connectivity index (χ1n) is 5.90. The lowest BCUT2D eigenvalue weighted by Crippen LogP contribution is -2.30. The molecule has 1 aliphatic rings. The smallest absolute Gasteiger partial charge is 0.245 e. The molecule has 0 aromatic heterocycles. The molecule has 0 radical (unpaired) electrons. The van der Waals surface area contributed by atoms with Crippen molar-refractivity contribution in [1.82, 2.24) is 4.90 Å². The average molecular weight is 333 g/mol. The highest BCUT2D eigenvalue weighted by atomic mass is 79.9. The zero-order valence-electron chi connectivity index (χ0n) is 10.2. The van der Waals surface area contributed by atoms with Gasteiger partial charge in [-0.05, 0) is 46.5 Å². The van der Waals surface area contributed by atoms with Gasteiger partial charge >= 0.3 is 0 Å². The highest BCUT2D eigenvalue weighted by molar-refractivity contribution is 9.10. The van der Waals surface area contributed by atoms with Crippen LogP contribution in [-0.4, -0.2) is 31.0 Å². The number of benzene rings is 1. The molecule has 1 amide bonds. The van der Waals surface area contributed by atoms with Crippen LogP contribution >= 0.6 is 27.5 Å². The maximum atomic E-state index is 12.2. The summed E-state index contributed by atoms with van der Waals surface area (Å²) >= 11 is 9.65. The third-order valence-corrected chi connectivity index (χ3v) is 4.16. The summed E-state index contributed by atoms with van der Waals surface area (Å²) < 4.78 is 5.96. The van der Waals surface area contributed by atoms with Gasteiger partial charge in [-0.1, -0.05) is 6.07 Å². The predicted molar refractivity (Wildman–Crippen MR) is 75.1 cm³/mol. The number of methoxy groups -OCH3 is 1. The minimum Gasteiger partial charge on any atom is -0.496 e. The van der Waals surface area contributed by atoms with Crippen LogP contribution in [0.2, 0.25) is 0 Å². The number of halogens is 2. The first kappa shape index (κ1) is 13.7. The van der Waals surface area contributed by atoms with Crippen molar-refractivity contribution in [3.63, 3.8) is 0 Å². The minimum atomic E-state index is -0.620. The summed E-state index contributed by atoms with van der Waals surface area (Å²) in [5, 5.41) is -0.620. The molecule has 0 bridgehead atoms. The minimum absolute atomic E-state index is 0.00812. The first-order valence-corrected chi connectivity index (χ1v) is 7.12. The van der Waals surface area contributed by atoms with Gasteiger partial charge in [0.2, 0.25) is 5.91 Å². The van der Waals surface area contributed by atoms with Crippen LogP contribution < -0.4 is 4.74 Å². The number of ether oxygens (including phenoxy) is 1. The second-order valence-corrected chi connectivity index (χ2v) is 5.58. The Kier molecular flexibility index (Phi) is 4.51. The van der Waals surface area contributed by atoms with Gasteiger partial charge in [0.15, 0.2) is 0 Å². The number of alkyl halides is 1. The van der Waals surface area contributed by atoms with Crippen molar-refractivity contribution >= 4 is 33.4 Å². The first-order chi connectivity index (χ1) is 8.63. The molecule has 18 heavy (non-hydrogen) atoms. The molecule has 1 aromatic rings. The molecule has 0 saturated carbocycles. The van der Waals surface area contributed by atoms with Crippen molar-refractivity contribution in [2.24, 2.45) is 0 Å². The standard InChI is InChI=1S/C13H15BrClNO2/c1-18-11-5-4-9(8-10(11)14)12(15)13(17)16-6-2-3-7-16/h4-5,8,12H,2-3,6-7H2,1H3. The van der Waals surface area contributed by atoms with Gasteiger partial charge in [-0.3, -0.25) is 4.79 Å². The summed E-state index contributed by atoms with van der Waals surface area (Å²) in [4.78, 5) is 14.0. The number of nitrogens with zero attached hydrogens (tertiary/aromatic N) is 1. The van der Waals surface area contributed by atoms with Gasteiger partial charge in [-0.2, -0.15) is 0 Å². The molecule has 1 atom stereocenters. The summed E-state index contributed by atoms with van der Waals surface area (Å²) in [6, 6.07) is 5.48. The second-order valence-electron chi connectivity index (χ2n) is 4.29. The van der Waals surface area contributed by atoms with Crippen molar-refractivity contribution in [2.45, 2.75) is 18.2 Å². The summed E-state index contributed by atoms with van der Waals surface area (Å²) in [6.07, 6.45) is 2.14. The molecule has 0 spiro atoms. The monoisotopic (exact) mass is 331 g/mol. The molecule has 1 aromatic carbocycles. The Morgan fingerprint density at radius 3 is 2.67 bits per heavy atom. The summed E-state index contributed by atoms with van der Waals surface area (Å²) in [5.74, 6) is 0.725. The van der Waals surface area contributed by atoms with Gasteiger partial charge in [0, 0.05) is 13.1 Å². The maximum absolute atomic E-state index is 12.2. The third-order valence-electron chi connectivity index (χ3n) is 3.10.